The molecule has 0 saturated carbocycles. The summed E-state index contributed by atoms with van der Waals surface area (Å²) in [4.78, 5) is 21.9. The number of hydrogen-bond donors (Lipinski definition) is 0. The van der Waals surface area contributed by atoms with Crippen LogP contribution >= 0.6 is 0 Å². The van der Waals surface area contributed by atoms with Crippen molar-refractivity contribution in [3.05, 3.63) is 85.0 Å². The normalized spacial score (nSPS) is 11.0. The fraction of sp³-hybridized carbons (Fsp3) is 0.250. The number of ether oxygens (including phenoxy) is 1. The van der Waals surface area contributed by atoms with Crippen LogP contribution in [0.2, 0.25) is 0 Å². The minimum Gasteiger partial charge on any atom is -0.458 e. The summed E-state index contributed by atoms with van der Waals surface area (Å²) in [6.07, 6.45) is 12.7. The smallest absolute Gasteiger partial charge is 0.338 e. The fourth-order valence-corrected chi connectivity index (χ4v) is 1.66. The number of allylic oxidation sites excluding steroid dienone is 4. The summed E-state index contributed by atoms with van der Waals surface area (Å²) in [5.41, 5.74) is 1.41. The summed E-state index contributed by atoms with van der Waals surface area (Å²) in [5.74, 6) is -0.352. The molecular formula is C20H24O4. The van der Waals surface area contributed by atoms with Crippen molar-refractivity contribution >= 4 is 5.97 Å². The van der Waals surface area contributed by atoms with Crippen LogP contribution < -0.4 is 0 Å². The van der Waals surface area contributed by atoms with Gasteiger partial charge in [-0.25, -0.2) is 14.6 Å². The lowest BCUT2D eigenvalue weighted by molar-refractivity contribution is -0.295. The molecule has 0 aromatic heterocycles. The number of hydrogen-bond acceptors (Lipinski definition) is 4. The first-order valence-corrected chi connectivity index (χ1v) is 7.80. The average molecular weight is 328 g/mol. The molecule has 0 radical (unpaired) electrons. The van der Waals surface area contributed by atoms with Gasteiger partial charge in [0, 0.05) is 0 Å². The topological polar surface area (TPSA) is 44.8 Å². The molecule has 0 fully saturated rings. The number of carbonyl (C=O) groups excluding carboxylic acids is 1. The van der Waals surface area contributed by atoms with Crippen LogP contribution in [0.1, 0.15) is 28.8 Å². The van der Waals surface area contributed by atoms with E-state index in [1.54, 1.807) is 36.4 Å². The third-order valence-corrected chi connectivity index (χ3v) is 2.91. The van der Waals surface area contributed by atoms with Crippen molar-refractivity contribution in [3.8, 4) is 0 Å². The molecule has 0 aliphatic rings. The van der Waals surface area contributed by atoms with Gasteiger partial charge in [-0.3, -0.25) is 0 Å². The van der Waals surface area contributed by atoms with E-state index < -0.39 is 0 Å². The molecule has 0 heterocycles. The largest absolute Gasteiger partial charge is 0.458 e. The molecule has 4 heteroatoms. The van der Waals surface area contributed by atoms with E-state index in [1.165, 1.54) is 0 Å². The van der Waals surface area contributed by atoms with Gasteiger partial charge in [0.1, 0.15) is 19.8 Å². The summed E-state index contributed by atoms with van der Waals surface area (Å²) in [5, 5.41) is 0. The van der Waals surface area contributed by atoms with Crippen molar-refractivity contribution in [1.29, 1.82) is 0 Å². The number of esters is 1. The van der Waals surface area contributed by atoms with Crippen LogP contribution in [-0.2, 0) is 21.1 Å². The van der Waals surface area contributed by atoms with E-state index in [4.69, 9.17) is 14.5 Å². The lowest BCUT2D eigenvalue weighted by Gasteiger charge is -2.05. The summed E-state index contributed by atoms with van der Waals surface area (Å²) in [6, 6.07) is 7.03. The third kappa shape index (κ3) is 8.88. The highest BCUT2D eigenvalue weighted by atomic mass is 17.2. The highest BCUT2D eigenvalue weighted by Crippen LogP contribution is 2.07. The van der Waals surface area contributed by atoms with E-state index >= 15 is 0 Å². The van der Waals surface area contributed by atoms with Gasteiger partial charge >= 0.3 is 5.97 Å². The zero-order valence-electron chi connectivity index (χ0n) is 13.9. The first-order valence-electron chi connectivity index (χ1n) is 7.80. The van der Waals surface area contributed by atoms with Crippen LogP contribution in [0.4, 0.5) is 0 Å². The zero-order valence-corrected chi connectivity index (χ0v) is 13.9. The quantitative estimate of drug-likeness (QED) is 0.185. The van der Waals surface area contributed by atoms with E-state index in [0.717, 1.165) is 18.4 Å². The van der Waals surface area contributed by atoms with Gasteiger partial charge in [-0.05, 0) is 30.5 Å². The highest BCUT2D eigenvalue weighted by Gasteiger charge is 2.05. The molecule has 0 aliphatic carbocycles. The first kappa shape index (κ1) is 19.6. The molecule has 1 aromatic rings. The predicted molar refractivity (Wildman–Crippen MR) is 95.4 cm³/mol. The molecule has 4 nitrogen and oxygen atoms in total. The molecule has 1 rings (SSSR count). The maximum atomic E-state index is 11.8. The molecule has 24 heavy (non-hydrogen) atoms. The molecule has 0 amide bonds. The lowest BCUT2D eigenvalue weighted by atomic mass is 10.1. The molecule has 0 unspecified atom stereocenters. The molecule has 128 valence electrons. The summed E-state index contributed by atoms with van der Waals surface area (Å²) < 4.78 is 5.13. The van der Waals surface area contributed by atoms with Gasteiger partial charge in [0.15, 0.2) is 0 Å². The predicted octanol–water partition coefficient (Wildman–Crippen LogP) is 4.56. The number of carbonyl (C=O) groups is 1. The Morgan fingerprint density at radius 2 is 1.50 bits per heavy atom. The second-order valence-electron chi connectivity index (χ2n) is 4.83. The number of rotatable bonds is 12. The molecule has 0 bridgehead atoms. The zero-order chi connectivity index (χ0) is 17.5. The Morgan fingerprint density at radius 3 is 2.12 bits per heavy atom. The third-order valence-electron chi connectivity index (χ3n) is 2.91. The molecule has 0 N–H and O–H groups in total. The van der Waals surface area contributed by atoms with Crippen LogP contribution in [0.5, 0.6) is 0 Å². The van der Waals surface area contributed by atoms with E-state index in [2.05, 4.69) is 13.2 Å². The molecule has 1 aromatic carbocycles. The summed E-state index contributed by atoms with van der Waals surface area (Å²) in [7, 11) is 0. The van der Waals surface area contributed by atoms with Gasteiger partial charge in [0.2, 0.25) is 0 Å². The Bertz CT molecular complexity index is 556. The fourth-order valence-electron chi connectivity index (χ4n) is 1.66. The monoisotopic (exact) mass is 328 g/mol. The Morgan fingerprint density at radius 1 is 0.875 bits per heavy atom. The van der Waals surface area contributed by atoms with Crippen LogP contribution in [-0.4, -0.2) is 19.2 Å². The van der Waals surface area contributed by atoms with E-state index in [-0.39, 0.29) is 12.6 Å². The van der Waals surface area contributed by atoms with Gasteiger partial charge in [-0.15, -0.1) is 13.2 Å². The molecule has 0 saturated heterocycles. The Hall–Kier alpha value is -2.43. The highest BCUT2D eigenvalue weighted by molar-refractivity contribution is 5.89. The van der Waals surface area contributed by atoms with Crippen LogP contribution in [0.15, 0.2) is 73.9 Å². The first-order chi connectivity index (χ1) is 11.8. The van der Waals surface area contributed by atoms with Gasteiger partial charge < -0.3 is 4.74 Å². The minimum atomic E-state index is -0.352. The molecule has 0 spiro atoms. The minimum absolute atomic E-state index is 0.255. The summed E-state index contributed by atoms with van der Waals surface area (Å²) in [6.45, 7) is 8.18. The average Bonchev–Trinajstić information content (AvgIpc) is 2.61. The standard InChI is InChI=1S/C20H24O4/c1-3-5-7-9-15-22-20(21)19-13-11-18(12-14-19)17-24-23-16-10-8-6-4-2/h3-4,7-14H,1-2,5-6,15-17H2. The maximum absolute atomic E-state index is 11.8. The molecule has 0 atom stereocenters. The second-order valence-corrected chi connectivity index (χ2v) is 4.83. The van der Waals surface area contributed by atoms with Crippen molar-refractivity contribution in [2.24, 2.45) is 0 Å². The van der Waals surface area contributed by atoms with Crippen molar-refractivity contribution in [2.75, 3.05) is 13.2 Å². The van der Waals surface area contributed by atoms with Gasteiger partial charge in [-0.2, -0.15) is 0 Å². The lowest BCUT2D eigenvalue weighted by Crippen LogP contribution is -2.05. The van der Waals surface area contributed by atoms with Crippen LogP contribution in [0, 0.1) is 0 Å². The van der Waals surface area contributed by atoms with Crippen molar-refractivity contribution in [3.63, 3.8) is 0 Å². The summed E-state index contributed by atoms with van der Waals surface area (Å²) >= 11 is 0. The van der Waals surface area contributed by atoms with Crippen LogP contribution in [0.25, 0.3) is 0 Å². The van der Waals surface area contributed by atoms with E-state index in [1.807, 2.05) is 24.3 Å². The molecule has 0 aliphatic heterocycles. The Balaban J connectivity index is 2.28. The molecular weight excluding hydrogens is 304 g/mol. The second kappa shape index (κ2) is 13.0. The Labute approximate surface area is 143 Å². The van der Waals surface area contributed by atoms with E-state index in [0.29, 0.717) is 18.8 Å². The number of benzene rings is 1. The Kier molecular flexibility index (Phi) is 10.7. The van der Waals surface area contributed by atoms with Gasteiger partial charge in [0.25, 0.3) is 0 Å². The van der Waals surface area contributed by atoms with Crippen molar-refractivity contribution in [2.45, 2.75) is 19.4 Å². The van der Waals surface area contributed by atoms with Crippen molar-refractivity contribution < 1.29 is 19.3 Å². The van der Waals surface area contributed by atoms with E-state index in [9.17, 15) is 4.79 Å². The van der Waals surface area contributed by atoms with Crippen LogP contribution in [0.3, 0.4) is 0 Å². The maximum Gasteiger partial charge on any atom is 0.338 e. The van der Waals surface area contributed by atoms with Gasteiger partial charge in [0.05, 0.1) is 5.56 Å². The van der Waals surface area contributed by atoms with Crippen molar-refractivity contribution in [1.82, 2.24) is 0 Å². The van der Waals surface area contributed by atoms with Gasteiger partial charge in [-0.1, -0.05) is 48.6 Å². The SMILES string of the molecule is C=CCC=CCOOCc1ccc(C(=O)OCC=CCC=C)cc1.